The van der Waals surface area contributed by atoms with Gasteiger partial charge in [-0.1, -0.05) is 41.4 Å². The number of allylic oxidation sites excluding steroid dienone is 1. The molecule has 3 aromatic carbocycles. The number of halogens is 1. The molecule has 0 fully saturated rings. The van der Waals surface area contributed by atoms with Gasteiger partial charge >= 0.3 is 5.63 Å². The molecule has 0 bridgehead atoms. The molecule has 9 heteroatoms. The van der Waals surface area contributed by atoms with Gasteiger partial charge in [-0.25, -0.2) is 9.48 Å². The van der Waals surface area contributed by atoms with E-state index in [1.807, 2.05) is 31.2 Å². The van der Waals surface area contributed by atoms with E-state index in [0.29, 0.717) is 38.9 Å². The van der Waals surface area contributed by atoms with Gasteiger partial charge in [-0.15, -0.1) is 0 Å². The van der Waals surface area contributed by atoms with E-state index in [1.54, 1.807) is 60.1 Å². The molecule has 192 valence electrons. The predicted octanol–water partition coefficient (Wildman–Crippen LogP) is 6.26. The van der Waals surface area contributed by atoms with Crippen molar-refractivity contribution in [3.8, 4) is 29.1 Å². The summed E-state index contributed by atoms with van der Waals surface area (Å²) in [5.41, 5.74) is 9.02. The predicted molar refractivity (Wildman–Crippen MR) is 146 cm³/mol. The number of aryl methyl sites for hydroxylation is 2. The van der Waals surface area contributed by atoms with Crippen LogP contribution in [0.15, 0.2) is 93.5 Å². The number of rotatable bonds is 4. The van der Waals surface area contributed by atoms with E-state index in [2.05, 4.69) is 6.07 Å². The van der Waals surface area contributed by atoms with Crippen LogP contribution in [0, 0.1) is 25.2 Å². The van der Waals surface area contributed by atoms with E-state index in [1.165, 1.54) is 0 Å². The molecular weight excluding hydrogens is 516 g/mol. The monoisotopic (exact) mass is 536 g/mol. The Labute approximate surface area is 228 Å². The van der Waals surface area contributed by atoms with Crippen molar-refractivity contribution in [3.05, 3.63) is 122 Å². The second-order valence-corrected chi connectivity index (χ2v) is 9.60. The smallest absolute Gasteiger partial charge is 0.344 e. The van der Waals surface area contributed by atoms with E-state index in [-0.39, 0.29) is 22.8 Å². The zero-order chi connectivity index (χ0) is 27.3. The molecule has 5 aromatic rings. The average molecular weight is 537 g/mol. The Hall–Kier alpha value is -5.00. The van der Waals surface area contributed by atoms with Crippen molar-refractivity contribution in [2.24, 2.45) is 5.73 Å². The molecule has 0 aliphatic carbocycles. The van der Waals surface area contributed by atoms with Crippen LogP contribution < -0.4 is 20.8 Å². The summed E-state index contributed by atoms with van der Waals surface area (Å²) in [6, 6.07) is 23.7. The highest BCUT2D eigenvalue weighted by Gasteiger charge is 2.40. The molecular formula is C30H21ClN4O4. The van der Waals surface area contributed by atoms with Crippen LogP contribution in [0.1, 0.15) is 28.3 Å². The van der Waals surface area contributed by atoms with E-state index in [0.717, 1.165) is 11.3 Å². The summed E-state index contributed by atoms with van der Waals surface area (Å²) in [7, 11) is 0. The van der Waals surface area contributed by atoms with Gasteiger partial charge in [0, 0.05) is 5.02 Å². The third-order valence-electron chi connectivity index (χ3n) is 6.63. The molecule has 0 spiro atoms. The van der Waals surface area contributed by atoms with E-state index < -0.39 is 11.5 Å². The second-order valence-electron chi connectivity index (χ2n) is 9.16. The van der Waals surface area contributed by atoms with Gasteiger partial charge in [-0.2, -0.15) is 10.4 Å². The van der Waals surface area contributed by atoms with Gasteiger partial charge in [0.05, 0.1) is 33.8 Å². The largest absolute Gasteiger partial charge is 0.439 e. The molecule has 1 aliphatic rings. The molecule has 1 aliphatic heterocycles. The van der Waals surface area contributed by atoms with Gasteiger partial charge in [0.1, 0.15) is 23.0 Å². The highest BCUT2D eigenvalue weighted by atomic mass is 35.5. The first-order valence-electron chi connectivity index (χ1n) is 12.1. The quantitative estimate of drug-likeness (QED) is 0.269. The number of nitriles is 1. The summed E-state index contributed by atoms with van der Waals surface area (Å²) < 4.78 is 19.6. The lowest BCUT2D eigenvalue weighted by Crippen LogP contribution is -2.26. The minimum Gasteiger partial charge on any atom is -0.439 e. The Morgan fingerprint density at radius 1 is 1.03 bits per heavy atom. The van der Waals surface area contributed by atoms with Crippen molar-refractivity contribution in [1.82, 2.24) is 9.78 Å². The maximum Gasteiger partial charge on any atom is 0.344 e. The molecule has 3 heterocycles. The maximum absolute atomic E-state index is 13.5. The van der Waals surface area contributed by atoms with Gasteiger partial charge in [-0.05, 0) is 62.4 Å². The number of para-hydroxylation sites is 1. The summed E-state index contributed by atoms with van der Waals surface area (Å²) in [6.07, 6.45) is 0. The lowest BCUT2D eigenvalue weighted by Gasteiger charge is -2.26. The molecule has 8 nitrogen and oxygen atoms in total. The fourth-order valence-electron chi connectivity index (χ4n) is 4.78. The van der Waals surface area contributed by atoms with Crippen LogP contribution in [0.5, 0.6) is 17.4 Å². The van der Waals surface area contributed by atoms with Crippen LogP contribution in [0.3, 0.4) is 0 Å². The van der Waals surface area contributed by atoms with Crippen molar-refractivity contribution in [2.75, 3.05) is 0 Å². The third-order valence-corrected chi connectivity index (χ3v) is 6.88. The standard InChI is InChI=1S/C30H21ClN4O4/c1-16-7-11-19(12-8-16)35-29(37-20-13-9-18(31)10-14-20)24(17(2)34-35)25-22(15-32)28(33)39-27-21-5-3-4-6-23(21)38-30(36)26(25)27/h3-14,25H,33H2,1-2H3. The SMILES string of the molecule is Cc1ccc(-n2nc(C)c(C3C(C#N)=C(N)Oc4c3c(=O)oc3ccccc43)c2Oc2ccc(Cl)cc2)cc1. The Balaban J connectivity index is 1.66. The fourth-order valence-corrected chi connectivity index (χ4v) is 4.90. The molecule has 2 aromatic heterocycles. The molecule has 0 amide bonds. The van der Waals surface area contributed by atoms with Gasteiger partial charge in [0.15, 0.2) is 5.75 Å². The molecule has 1 atom stereocenters. The molecule has 0 saturated heterocycles. The molecule has 0 saturated carbocycles. The van der Waals surface area contributed by atoms with Crippen molar-refractivity contribution < 1.29 is 13.9 Å². The number of hydrogen-bond acceptors (Lipinski definition) is 7. The summed E-state index contributed by atoms with van der Waals surface area (Å²) >= 11 is 6.10. The Kier molecular flexibility index (Phi) is 5.86. The number of aromatic nitrogens is 2. The summed E-state index contributed by atoms with van der Waals surface area (Å²) in [5.74, 6) is -0.0260. The third kappa shape index (κ3) is 4.10. The van der Waals surface area contributed by atoms with Crippen LogP contribution >= 0.6 is 11.6 Å². The minimum atomic E-state index is -0.957. The molecule has 6 rings (SSSR count). The number of nitrogens with zero attached hydrogens (tertiary/aromatic N) is 3. The van der Waals surface area contributed by atoms with Crippen LogP contribution in [-0.4, -0.2) is 9.78 Å². The topological polar surface area (TPSA) is 116 Å². The van der Waals surface area contributed by atoms with Crippen molar-refractivity contribution in [1.29, 1.82) is 5.26 Å². The second kappa shape index (κ2) is 9.39. The number of fused-ring (bicyclic) bond motifs is 3. The van der Waals surface area contributed by atoms with Gasteiger partial charge in [0.2, 0.25) is 11.8 Å². The zero-order valence-electron chi connectivity index (χ0n) is 20.9. The van der Waals surface area contributed by atoms with E-state index in [4.69, 9.17) is 36.3 Å². The fraction of sp³-hybridized carbons (Fsp3) is 0.100. The normalized spacial score (nSPS) is 14.6. The average Bonchev–Trinajstić information content (AvgIpc) is 3.24. The van der Waals surface area contributed by atoms with Crippen LogP contribution in [-0.2, 0) is 0 Å². The Morgan fingerprint density at radius 2 is 1.74 bits per heavy atom. The lowest BCUT2D eigenvalue weighted by atomic mass is 9.83. The molecule has 39 heavy (non-hydrogen) atoms. The van der Waals surface area contributed by atoms with Crippen LogP contribution in [0.2, 0.25) is 5.02 Å². The van der Waals surface area contributed by atoms with Crippen molar-refractivity contribution >= 4 is 22.6 Å². The van der Waals surface area contributed by atoms with Crippen LogP contribution in [0.25, 0.3) is 16.7 Å². The maximum atomic E-state index is 13.5. The first kappa shape index (κ1) is 24.3. The lowest BCUT2D eigenvalue weighted by molar-refractivity contribution is 0.385. The number of benzene rings is 3. The first-order chi connectivity index (χ1) is 18.9. The Bertz CT molecular complexity index is 1880. The minimum absolute atomic E-state index is 0.0533. The highest BCUT2D eigenvalue weighted by molar-refractivity contribution is 6.30. The van der Waals surface area contributed by atoms with Gasteiger partial charge in [0.25, 0.3) is 0 Å². The van der Waals surface area contributed by atoms with Crippen LogP contribution in [0.4, 0.5) is 0 Å². The Morgan fingerprint density at radius 3 is 2.46 bits per heavy atom. The van der Waals surface area contributed by atoms with Crippen molar-refractivity contribution in [3.63, 3.8) is 0 Å². The summed E-state index contributed by atoms with van der Waals surface area (Å²) in [6.45, 7) is 3.78. The zero-order valence-corrected chi connectivity index (χ0v) is 21.7. The van der Waals surface area contributed by atoms with Crippen molar-refractivity contribution in [2.45, 2.75) is 19.8 Å². The molecule has 2 N–H and O–H groups in total. The number of ether oxygens (including phenoxy) is 2. The first-order valence-corrected chi connectivity index (χ1v) is 12.5. The number of hydrogen-bond donors (Lipinski definition) is 1. The van der Waals surface area contributed by atoms with E-state index in [9.17, 15) is 10.1 Å². The van der Waals surface area contributed by atoms with Gasteiger partial charge < -0.3 is 19.6 Å². The highest BCUT2D eigenvalue weighted by Crippen LogP contribution is 2.48. The molecule has 0 radical (unpaired) electrons. The number of nitrogens with two attached hydrogens (primary N) is 1. The van der Waals surface area contributed by atoms with E-state index >= 15 is 0 Å². The van der Waals surface area contributed by atoms with Gasteiger partial charge in [-0.3, -0.25) is 0 Å². The summed E-state index contributed by atoms with van der Waals surface area (Å²) in [4.78, 5) is 13.5. The molecule has 1 unspecified atom stereocenters. The summed E-state index contributed by atoms with van der Waals surface area (Å²) in [5, 5.41) is 16.1.